The lowest BCUT2D eigenvalue weighted by atomic mass is 9.90. The molecule has 0 spiro atoms. The van der Waals surface area contributed by atoms with Crippen LogP contribution in [0.15, 0.2) is 36.4 Å². The SMILES string of the molecule is CCC(CC)C(=O)N1CCc2cc(OC)c(OC)cc2C1COc1ccc(C(=O)OC)cc1. The van der Waals surface area contributed by atoms with Crippen LogP contribution in [-0.2, 0) is 16.0 Å². The summed E-state index contributed by atoms with van der Waals surface area (Å²) in [6.07, 6.45) is 2.34. The molecule has 0 radical (unpaired) electrons. The molecule has 2 aromatic rings. The summed E-state index contributed by atoms with van der Waals surface area (Å²) >= 11 is 0. The minimum atomic E-state index is -0.397. The number of fused-ring (bicyclic) bond motifs is 1. The van der Waals surface area contributed by atoms with Crippen LogP contribution in [0.5, 0.6) is 17.2 Å². The van der Waals surface area contributed by atoms with Gasteiger partial charge in [0.1, 0.15) is 12.4 Å². The molecule has 3 rings (SSSR count). The first-order valence-corrected chi connectivity index (χ1v) is 11.3. The summed E-state index contributed by atoms with van der Waals surface area (Å²) in [5.74, 6) is 1.65. The van der Waals surface area contributed by atoms with E-state index in [1.165, 1.54) is 7.11 Å². The van der Waals surface area contributed by atoms with E-state index < -0.39 is 5.97 Å². The Morgan fingerprint density at radius 2 is 1.64 bits per heavy atom. The molecule has 0 aliphatic carbocycles. The van der Waals surface area contributed by atoms with Crippen molar-refractivity contribution in [2.24, 2.45) is 5.92 Å². The van der Waals surface area contributed by atoms with E-state index in [0.717, 1.165) is 30.4 Å². The number of carbonyl (C=O) groups excluding carboxylic acids is 2. The van der Waals surface area contributed by atoms with Crippen molar-refractivity contribution in [1.82, 2.24) is 4.90 Å². The third kappa shape index (κ3) is 5.24. The fourth-order valence-electron chi connectivity index (χ4n) is 4.32. The van der Waals surface area contributed by atoms with Gasteiger partial charge in [-0.05, 0) is 66.8 Å². The highest BCUT2D eigenvalue weighted by Gasteiger charge is 2.35. The van der Waals surface area contributed by atoms with Gasteiger partial charge < -0.3 is 23.8 Å². The molecule has 1 unspecified atom stereocenters. The molecule has 178 valence electrons. The summed E-state index contributed by atoms with van der Waals surface area (Å²) < 4.78 is 21.9. The van der Waals surface area contributed by atoms with Gasteiger partial charge in [-0.2, -0.15) is 0 Å². The third-order valence-electron chi connectivity index (χ3n) is 6.30. The largest absolute Gasteiger partial charge is 0.493 e. The van der Waals surface area contributed by atoms with Crippen LogP contribution in [0.3, 0.4) is 0 Å². The van der Waals surface area contributed by atoms with Crippen LogP contribution >= 0.6 is 0 Å². The van der Waals surface area contributed by atoms with E-state index in [-0.39, 0.29) is 24.5 Å². The van der Waals surface area contributed by atoms with Crippen LogP contribution in [0.25, 0.3) is 0 Å². The average molecular weight is 456 g/mol. The molecule has 1 heterocycles. The lowest BCUT2D eigenvalue weighted by Crippen LogP contribution is -2.45. The van der Waals surface area contributed by atoms with Crippen molar-refractivity contribution in [2.75, 3.05) is 34.5 Å². The summed E-state index contributed by atoms with van der Waals surface area (Å²) in [4.78, 5) is 27.0. The minimum absolute atomic E-state index is 0.0199. The third-order valence-corrected chi connectivity index (χ3v) is 6.30. The Bertz CT molecular complexity index is 967. The van der Waals surface area contributed by atoms with Crippen molar-refractivity contribution in [1.29, 1.82) is 0 Å². The molecule has 0 N–H and O–H groups in total. The van der Waals surface area contributed by atoms with E-state index in [1.54, 1.807) is 38.5 Å². The molecular weight excluding hydrogens is 422 g/mol. The van der Waals surface area contributed by atoms with E-state index in [0.29, 0.717) is 29.4 Å². The van der Waals surface area contributed by atoms with Gasteiger partial charge in [-0.1, -0.05) is 13.8 Å². The highest BCUT2D eigenvalue weighted by Crippen LogP contribution is 2.39. The topological polar surface area (TPSA) is 74.3 Å². The van der Waals surface area contributed by atoms with E-state index in [2.05, 4.69) is 0 Å². The molecular formula is C26H33NO6. The molecule has 0 aromatic heterocycles. The molecule has 33 heavy (non-hydrogen) atoms. The Kier molecular flexibility index (Phi) is 8.20. The van der Waals surface area contributed by atoms with Crippen LogP contribution in [-0.4, -0.2) is 51.3 Å². The van der Waals surface area contributed by atoms with Gasteiger partial charge in [0.15, 0.2) is 11.5 Å². The second kappa shape index (κ2) is 11.1. The maximum atomic E-state index is 13.4. The first-order chi connectivity index (χ1) is 16.0. The molecule has 7 heteroatoms. The molecule has 0 saturated heterocycles. The Balaban J connectivity index is 1.92. The molecule has 1 amide bonds. The van der Waals surface area contributed by atoms with Crippen molar-refractivity contribution >= 4 is 11.9 Å². The number of nitrogens with zero attached hydrogens (tertiary/aromatic N) is 1. The summed E-state index contributed by atoms with van der Waals surface area (Å²) in [5.41, 5.74) is 2.58. The molecule has 7 nitrogen and oxygen atoms in total. The smallest absolute Gasteiger partial charge is 0.337 e. The van der Waals surface area contributed by atoms with Crippen LogP contribution < -0.4 is 14.2 Å². The number of hydrogen-bond donors (Lipinski definition) is 0. The molecule has 0 fully saturated rings. The van der Waals surface area contributed by atoms with Crippen LogP contribution in [0, 0.1) is 5.92 Å². The summed E-state index contributed by atoms with van der Waals surface area (Å²) in [5, 5.41) is 0. The highest BCUT2D eigenvalue weighted by atomic mass is 16.5. The zero-order valence-electron chi connectivity index (χ0n) is 20.1. The molecule has 0 bridgehead atoms. The molecule has 1 aliphatic heterocycles. The maximum absolute atomic E-state index is 13.4. The first kappa shape index (κ1) is 24.4. The number of carbonyl (C=O) groups is 2. The van der Waals surface area contributed by atoms with Gasteiger partial charge in [-0.15, -0.1) is 0 Å². The van der Waals surface area contributed by atoms with Gasteiger partial charge in [0, 0.05) is 12.5 Å². The number of ether oxygens (including phenoxy) is 4. The molecule has 0 saturated carbocycles. The number of benzene rings is 2. The van der Waals surface area contributed by atoms with Crippen LogP contribution in [0.1, 0.15) is 54.2 Å². The minimum Gasteiger partial charge on any atom is -0.493 e. The van der Waals surface area contributed by atoms with Gasteiger partial charge in [0.2, 0.25) is 5.91 Å². The number of hydrogen-bond acceptors (Lipinski definition) is 6. The normalized spacial score (nSPS) is 15.1. The fourth-order valence-corrected chi connectivity index (χ4v) is 4.32. The van der Waals surface area contributed by atoms with Crippen LogP contribution in [0.2, 0.25) is 0 Å². The molecule has 1 aliphatic rings. The van der Waals surface area contributed by atoms with E-state index in [4.69, 9.17) is 18.9 Å². The monoisotopic (exact) mass is 455 g/mol. The fraction of sp³-hybridized carbons (Fsp3) is 0.462. The van der Waals surface area contributed by atoms with Crippen molar-refractivity contribution in [3.63, 3.8) is 0 Å². The van der Waals surface area contributed by atoms with E-state index in [1.807, 2.05) is 30.9 Å². The van der Waals surface area contributed by atoms with E-state index in [9.17, 15) is 9.59 Å². The quantitative estimate of drug-likeness (QED) is 0.521. The number of amides is 1. The second-order valence-electron chi connectivity index (χ2n) is 8.04. The van der Waals surface area contributed by atoms with Gasteiger partial charge in [0.05, 0.1) is 32.9 Å². The van der Waals surface area contributed by atoms with Crippen molar-refractivity contribution in [2.45, 2.75) is 39.2 Å². The average Bonchev–Trinajstić information content (AvgIpc) is 2.86. The van der Waals surface area contributed by atoms with E-state index >= 15 is 0 Å². The summed E-state index contributed by atoms with van der Waals surface area (Å²) in [6.45, 7) is 5.00. The lowest BCUT2D eigenvalue weighted by Gasteiger charge is -2.39. The van der Waals surface area contributed by atoms with Crippen LogP contribution in [0.4, 0.5) is 0 Å². The Morgan fingerprint density at radius 1 is 1.00 bits per heavy atom. The van der Waals surface area contributed by atoms with Gasteiger partial charge in [-0.25, -0.2) is 4.79 Å². The van der Waals surface area contributed by atoms with Gasteiger partial charge in [-0.3, -0.25) is 4.79 Å². The first-order valence-electron chi connectivity index (χ1n) is 11.3. The Morgan fingerprint density at radius 3 is 2.21 bits per heavy atom. The van der Waals surface area contributed by atoms with Crippen molar-refractivity contribution < 1.29 is 28.5 Å². The number of rotatable bonds is 9. The number of methoxy groups -OCH3 is 3. The van der Waals surface area contributed by atoms with Crippen molar-refractivity contribution in [3.05, 3.63) is 53.1 Å². The predicted molar refractivity (Wildman–Crippen MR) is 125 cm³/mol. The standard InChI is InChI=1S/C26H33NO6/c1-6-17(7-2)25(28)27-13-12-19-14-23(30-3)24(31-4)15-21(19)22(27)16-33-20-10-8-18(9-11-20)26(29)32-5/h8-11,14-15,17,22H,6-7,12-13,16H2,1-5H3. The van der Waals surface area contributed by atoms with Gasteiger partial charge >= 0.3 is 5.97 Å². The number of esters is 1. The van der Waals surface area contributed by atoms with Crippen molar-refractivity contribution in [3.8, 4) is 17.2 Å². The second-order valence-corrected chi connectivity index (χ2v) is 8.04. The Labute approximate surface area is 195 Å². The maximum Gasteiger partial charge on any atom is 0.337 e. The lowest BCUT2D eigenvalue weighted by molar-refractivity contribution is -0.139. The zero-order chi connectivity index (χ0) is 24.0. The molecule has 1 atom stereocenters. The molecule has 2 aromatic carbocycles. The highest BCUT2D eigenvalue weighted by molar-refractivity contribution is 5.89. The predicted octanol–water partition coefficient (Wildman–Crippen LogP) is 4.43. The zero-order valence-corrected chi connectivity index (χ0v) is 20.1. The Hall–Kier alpha value is -3.22. The summed E-state index contributed by atoms with van der Waals surface area (Å²) in [7, 11) is 4.57. The summed E-state index contributed by atoms with van der Waals surface area (Å²) in [6, 6.07) is 10.5. The van der Waals surface area contributed by atoms with Gasteiger partial charge in [0.25, 0.3) is 0 Å².